The minimum Gasteiger partial charge on any atom is -0.497 e. The normalized spacial score (nSPS) is 27.0. The molecule has 3 fully saturated rings. The first kappa shape index (κ1) is 30.4. The molecule has 2 aliphatic heterocycles. The zero-order valence-corrected chi connectivity index (χ0v) is 28.0. The van der Waals surface area contributed by atoms with Crippen LogP contribution in [0.5, 0.6) is 11.5 Å². The third kappa shape index (κ3) is 5.01. The molecule has 47 heavy (non-hydrogen) atoms. The molecule has 0 radical (unpaired) electrons. The average molecular weight is 737 g/mol. The van der Waals surface area contributed by atoms with E-state index >= 15 is 0 Å². The van der Waals surface area contributed by atoms with Gasteiger partial charge in [0.15, 0.2) is 6.61 Å². The fourth-order valence-electron chi connectivity index (χ4n) is 8.12. The molecule has 2 bridgehead atoms. The van der Waals surface area contributed by atoms with Crippen LogP contribution in [0.3, 0.4) is 0 Å². The second-order valence-electron chi connectivity index (χ2n) is 12.2. The summed E-state index contributed by atoms with van der Waals surface area (Å²) >= 11 is 6.37. The minimum absolute atomic E-state index is 0.00910. The number of carbonyl (C=O) groups is 3. The van der Waals surface area contributed by atoms with Gasteiger partial charge in [0.25, 0.3) is 5.91 Å². The van der Waals surface area contributed by atoms with Crippen molar-refractivity contribution >= 4 is 68.1 Å². The van der Waals surface area contributed by atoms with Crippen LogP contribution in [0.2, 0.25) is 0 Å². The van der Waals surface area contributed by atoms with Gasteiger partial charge in [0.05, 0.1) is 29.7 Å². The highest BCUT2D eigenvalue weighted by Gasteiger charge is 2.69. The van der Waals surface area contributed by atoms with Gasteiger partial charge in [-0.05, 0) is 90.9 Å². The third-order valence-electron chi connectivity index (χ3n) is 9.85. The summed E-state index contributed by atoms with van der Waals surface area (Å²) in [6.45, 7) is -0.293. The van der Waals surface area contributed by atoms with Gasteiger partial charge < -0.3 is 19.8 Å². The number of rotatable bonds is 7. The van der Waals surface area contributed by atoms with Crippen molar-refractivity contribution in [2.75, 3.05) is 23.9 Å². The van der Waals surface area contributed by atoms with Crippen LogP contribution in [0.1, 0.15) is 22.8 Å². The molecule has 2 saturated carbocycles. The number of aromatic amines is 1. The highest BCUT2D eigenvalue weighted by molar-refractivity contribution is 9.10. The number of halogens is 2. The molecular formula is C34H27BrFN3O6S2. The summed E-state index contributed by atoms with van der Waals surface area (Å²) in [7, 11) is 1.57. The van der Waals surface area contributed by atoms with Crippen LogP contribution >= 0.6 is 39.0 Å². The molecule has 3 aromatic carbocycles. The van der Waals surface area contributed by atoms with Crippen molar-refractivity contribution in [3.8, 4) is 11.5 Å². The fraction of sp³-hybridized carbons (Fsp3) is 0.294. The van der Waals surface area contributed by atoms with Crippen LogP contribution in [-0.2, 0) is 14.4 Å². The topological polar surface area (TPSA) is 118 Å². The predicted molar refractivity (Wildman–Crippen MR) is 179 cm³/mol. The zero-order valence-electron chi connectivity index (χ0n) is 24.8. The number of imide groups is 1. The first-order valence-electron chi connectivity index (χ1n) is 15.1. The number of amides is 3. The Morgan fingerprint density at radius 1 is 1.02 bits per heavy atom. The van der Waals surface area contributed by atoms with Crippen molar-refractivity contribution in [3.63, 3.8) is 0 Å². The standard InChI is InChI=1S/C34H27BrFN3O6S2/c1-44-19-9-7-18(8-10-19)39-32(41)27-21-13-22(28(27)33(39)42)29-26(21)25(30-31(46-29)38-34(43)47-30)20-12-15(35)2-11-23(20)45-14-24(40)37-17-5-3-16(36)4-6-17/h2-12,21-22,25-29H,13-14H2,1H3,(H,37,40)(H,38,43)/t21-,22-,25+,26-,27+,28+,29-/m1/s1. The Morgan fingerprint density at radius 3 is 2.47 bits per heavy atom. The van der Waals surface area contributed by atoms with Crippen LogP contribution in [0.15, 0.2) is 81.0 Å². The Kier molecular flexibility index (Phi) is 7.53. The van der Waals surface area contributed by atoms with Gasteiger partial charge >= 0.3 is 4.87 Å². The highest BCUT2D eigenvalue weighted by atomic mass is 79.9. The number of fused-ring (bicyclic) bond motifs is 9. The molecule has 3 amide bonds. The van der Waals surface area contributed by atoms with E-state index in [2.05, 4.69) is 26.2 Å². The van der Waals surface area contributed by atoms with Crippen LogP contribution in [0, 0.1) is 35.4 Å². The van der Waals surface area contributed by atoms with Gasteiger partial charge in [-0.25, -0.2) is 4.39 Å². The van der Waals surface area contributed by atoms with E-state index in [1.54, 1.807) is 49.2 Å². The molecule has 1 aromatic heterocycles. The number of methoxy groups -OCH3 is 1. The molecule has 3 heterocycles. The molecule has 1 saturated heterocycles. The first-order chi connectivity index (χ1) is 22.7. The van der Waals surface area contributed by atoms with E-state index in [9.17, 15) is 23.6 Å². The maximum atomic E-state index is 14.1. The van der Waals surface area contributed by atoms with E-state index in [4.69, 9.17) is 9.47 Å². The summed E-state index contributed by atoms with van der Waals surface area (Å²) in [6.07, 6.45) is 0.742. The van der Waals surface area contributed by atoms with Gasteiger partial charge in [0, 0.05) is 31.8 Å². The van der Waals surface area contributed by atoms with Crippen molar-refractivity contribution < 1.29 is 28.2 Å². The monoisotopic (exact) mass is 735 g/mol. The molecule has 0 unspecified atom stereocenters. The third-order valence-corrected chi connectivity index (χ3v) is 12.9. The van der Waals surface area contributed by atoms with Crippen LogP contribution in [0.25, 0.3) is 0 Å². The average Bonchev–Trinajstić information content (AvgIpc) is 3.80. The van der Waals surface area contributed by atoms with Gasteiger partial charge in [-0.1, -0.05) is 27.3 Å². The number of aromatic nitrogens is 1. The Hall–Kier alpha value is -3.94. The van der Waals surface area contributed by atoms with Gasteiger partial charge in [-0.15, -0.1) is 11.8 Å². The quantitative estimate of drug-likeness (QED) is 0.222. The Labute approximate surface area is 285 Å². The molecule has 4 aliphatic rings. The number of thioether (sulfide) groups is 1. The van der Waals surface area contributed by atoms with E-state index in [0.717, 1.165) is 37.7 Å². The number of nitrogens with one attached hydrogen (secondary N) is 2. The van der Waals surface area contributed by atoms with Crippen LogP contribution in [-0.4, -0.2) is 41.7 Å². The Morgan fingerprint density at radius 2 is 1.74 bits per heavy atom. The summed E-state index contributed by atoms with van der Waals surface area (Å²) in [5, 5.41) is 3.49. The highest BCUT2D eigenvalue weighted by Crippen LogP contribution is 2.69. The largest absolute Gasteiger partial charge is 0.497 e. The molecule has 8 rings (SSSR count). The van der Waals surface area contributed by atoms with Crippen molar-refractivity contribution in [1.29, 1.82) is 0 Å². The lowest BCUT2D eigenvalue weighted by Crippen LogP contribution is -2.42. The SMILES string of the molecule is COc1ccc(N2C(=O)[C@H]3[C@H]4C[C@@H]([C@@H]3C2=O)[C@@H]2[C@H](c3cc(Br)ccc3OCC(=O)Nc3ccc(F)cc3)c3sc(=O)[nH]c3S[C@H]42)cc1. The van der Waals surface area contributed by atoms with Gasteiger partial charge in [-0.3, -0.25) is 24.1 Å². The second-order valence-corrected chi connectivity index (χ2v) is 15.3. The maximum Gasteiger partial charge on any atom is 0.305 e. The minimum atomic E-state index is -0.464. The number of hydrogen-bond donors (Lipinski definition) is 2. The Bertz CT molecular complexity index is 1980. The summed E-state index contributed by atoms with van der Waals surface area (Å²) in [4.78, 5) is 58.7. The first-order valence-corrected chi connectivity index (χ1v) is 17.6. The van der Waals surface area contributed by atoms with Crippen molar-refractivity contribution in [3.05, 3.63) is 97.1 Å². The molecule has 2 aliphatic carbocycles. The lowest BCUT2D eigenvalue weighted by molar-refractivity contribution is -0.123. The van der Waals surface area contributed by atoms with Crippen molar-refractivity contribution in [2.24, 2.45) is 29.6 Å². The number of hydrogen-bond acceptors (Lipinski definition) is 8. The van der Waals surface area contributed by atoms with E-state index in [0.29, 0.717) is 22.9 Å². The van der Waals surface area contributed by atoms with E-state index in [-0.39, 0.29) is 52.2 Å². The number of benzene rings is 3. The Balaban J connectivity index is 1.13. The van der Waals surface area contributed by atoms with E-state index < -0.39 is 23.6 Å². The second kappa shape index (κ2) is 11.6. The molecule has 240 valence electrons. The fourth-order valence-corrected chi connectivity index (χ4v) is 11.4. The molecule has 13 heteroatoms. The lowest BCUT2D eigenvalue weighted by atomic mass is 9.68. The number of ether oxygens (including phenoxy) is 2. The lowest BCUT2D eigenvalue weighted by Gasteiger charge is -2.43. The van der Waals surface area contributed by atoms with Gasteiger partial charge in [-0.2, -0.15) is 0 Å². The van der Waals surface area contributed by atoms with Gasteiger partial charge in [0.1, 0.15) is 17.3 Å². The summed E-state index contributed by atoms with van der Waals surface area (Å²) in [6, 6.07) is 18.0. The predicted octanol–water partition coefficient (Wildman–Crippen LogP) is 6.04. The molecule has 2 N–H and O–H groups in total. The maximum absolute atomic E-state index is 14.1. The zero-order chi connectivity index (χ0) is 32.6. The molecule has 7 atom stereocenters. The molecular weight excluding hydrogens is 709 g/mol. The number of nitrogens with zero attached hydrogens (tertiary/aromatic N) is 1. The number of thiazole rings is 1. The van der Waals surface area contributed by atoms with Crippen molar-refractivity contribution in [2.45, 2.75) is 22.6 Å². The number of H-pyrrole nitrogens is 1. The molecule has 0 spiro atoms. The van der Waals surface area contributed by atoms with Crippen molar-refractivity contribution in [1.82, 2.24) is 4.98 Å². The molecule has 9 nitrogen and oxygen atoms in total. The molecule has 4 aromatic rings. The summed E-state index contributed by atoms with van der Waals surface area (Å²) < 4.78 is 25.5. The number of carbonyl (C=O) groups excluding carboxylic acids is 3. The summed E-state index contributed by atoms with van der Waals surface area (Å²) in [5.41, 5.74) is 1.78. The van der Waals surface area contributed by atoms with Gasteiger partial charge in [0.2, 0.25) is 11.8 Å². The number of anilines is 2. The van der Waals surface area contributed by atoms with Crippen LogP contribution in [0.4, 0.5) is 15.8 Å². The smallest absolute Gasteiger partial charge is 0.305 e. The van der Waals surface area contributed by atoms with Crippen LogP contribution < -0.4 is 24.6 Å². The van der Waals surface area contributed by atoms with E-state index in [1.165, 1.54) is 29.2 Å². The summed E-state index contributed by atoms with van der Waals surface area (Å²) in [5.74, 6) is -1.43. The van der Waals surface area contributed by atoms with E-state index in [1.807, 2.05) is 12.1 Å².